The Hall–Kier alpha value is -3.36. The molecule has 0 fully saturated rings. The highest BCUT2D eigenvalue weighted by molar-refractivity contribution is 9.13. The monoisotopic (exact) mass is 595 g/mol. The Morgan fingerprint density at radius 3 is 2.46 bits per heavy atom. The molecule has 1 heterocycles. The SMILES string of the molecule is CCOc1cc(/C=N/NC(=O)c2ccc(-n3c(C)ccc3-c3ccccc3)cc2)c(Br)c(Br)c1O. The number of aryl methyl sites for hydroxylation is 1. The lowest BCUT2D eigenvalue weighted by molar-refractivity contribution is 0.0955. The van der Waals surface area contributed by atoms with Gasteiger partial charge in [0, 0.05) is 27.0 Å². The molecule has 0 aliphatic heterocycles. The Morgan fingerprint density at radius 1 is 1.06 bits per heavy atom. The van der Waals surface area contributed by atoms with Gasteiger partial charge in [-0.2, -0.15) is 5.10 Å². The molecule has 0 aliphatic carbocycles. The summed E-state index contributed by atoms with van der Waals surface area (Å²) in [6.45, 7) is 4.29. The van der Waals surface area contributed by atoms with Gasteiger partial charge in [-0.25, -0.2) is 5.43 Å². The van der Waals surface area contributed by atoms with Crippen molar-refractivity contribution in [2.24, 2.45) is 5.10 Å². The summed E-state index contributed by atoms with van der Waals surface area (Å²) in [5.41, 5.74) is 7.93. The summed E-state index contributed by atoms with van der Waals surface area (Å²) in [5.74, 6) is -0.0197. The summed E-state index contributed by atoms with van der Waals surface area (Å²) >= 11 is 6.74. The maximum Gasteiger partial charge on any atom is 0.271 e. The van der Waals surface area contributed by atoms with E-state index in [4.69, 9.17) is 4.74 Å². The first-order valence-corrected chi connectivity index (χ1v) is 12.5. The molecular formula is C27H23Br2N3O3. The Balaban J connectivity index is 1.51. The van der Waals surface area contributed by atoms with Gasteiger partial charge in [-0.1, -0.05) is 30.3 Å². The Labute approximate surface area is 220 Å². The second-order valence-corrected chi connectivity index (χ2v) is 9.27. The van der Waals surface area contributed by atoms with Gasteiger partial charge in [-0.05, 0) is 93.7 Å². The molecule has 0 bridgehead atoms. The zero-order chi connectivity index (χ0) is 24.9. The van der Waals surface area contributed by atoms with E-state index in [1.807, 2.05) is 37.3 Å². The van der Waals surface area contributed by atoms with E-state index in [2.05, 4.69) is 78.1 Å². The van der Waals surface area contributed by atoms with Crippen molar-refractivity contribution >= 4 is 44.0 Å². The number of phenols is 1. The molecule has 0 atom stereocenters. The number of amides is 1. The molecule has 178 valence electrons. The lowest BCUT2D eigenvalue weighted by Crippen LogP contribution is -2.17. The van der Waals surface area contributed by atoms with Gasteiger partial charge in [0.1, 0.15) is 0 Å². The second kappa shape index (κ2) is 10.9. The van der Waals surface area contributed by atoms with Gasteiger partial charge in [0.05, 0.1) is 23.0 Å². The molecule has 0 spiro atoms. The minimum atomic E-state index is -0.334. The number of carbonyl (C=O) groups excluding carboxylic acids is 1. The summed E-state index contributed by atoms with van der Waals surface area (Å²) < 4.78 is 8.64. The molecule has 4 rings (SSSR count). The van der Waals surface area contributed by atoms with Gasteiger partial charge >= 0.3 is 0 Å². The van der Waals surface area contributed by atoms with Crippen molar-refractivity contribution in [3.05, 3.63) is 98.6 Å². The van der Waals surface area contributed by atoms with Crippen LogP contribution in [0.4, 0.5) is 0 Å². The predicted molar refractivity (Wildman–Crippen MR) is 146 cm³/mol. The molecule has 0 saturated carbocycles. The van der Waals surface area contributed by atoms with Crippen LogP contribution in [0.1, 0.15) is 28.5 Å². The average Bonchev–Trinajstić information content (AvgIpc) is 3.27. The molecule has 4 aromatic rings. The number of ether oxygens (including phenoxy) is 1. The number of phenolic OH excluding ortho intramolecular Hbond substituents is 1. The smallest absolute Gasteiger partial charge is 0.271 e. The number of halogens is 2. The number of aromatic nitrogens is 1. The third-order valence-corrected chi connectivity index (χ3v) is 7.54. The van der Waals surface area contributed by atoms with Crippen LogP contribution in [0.2, 0.25) is 0 Å². The molecule has 0 radical (unpaired) electrons. The molecule has 2 N–H and O–H groups in total. The fourth-order valence-corrected chi connectivity index (χ4v) is 4.50. The lowest BCUT2D eigenvalue weighted by Gasteiger charge is -2.13. The van der Waals surface area contributed by atoms with Crippen LogP contribution in [-0.4, -0.2) is 28.4 Å². The van der Waals surface area contributed by atoms with E-state index in [9.17, 15) is 9.90 Å². The molecule has 1 aromatic heterocycles. The number of carbonyl (C=O) groups is 1. The van der Waals surface area contributed by atoms with E-state index >= 15 is 0 Å². The fourth-order valence-electron chi connectivity index (χ4n) is 3.67. The molecule has 6 nitrogen and oxygen atoms in total. The minimum absolute atomic E-state index is 0.00616. The third-order valence-electron chi connectivity index (χ3n) is 5.38. The second-order valence-electron chi connectivity index (χ2n) is 7.68. The van der Waals surface area contributed by atoms with E-state index in [0.29, 0.717) is 32.4 Å². The molecule has 3 aromatic carbocycles. The topological polar surface area (TPSA) is 75.8 Å². The Bertz CT molecular complexity index is 1380. The van der Waals surface area contributed by atoms with Crippen LogP contribution in [0.3, 0.4) is 0 Å². The van der Waals surface area contributed by atoms with Gasteiger partial charge in [0.15, 0.2) is 11.5 Å². The number of nitrogens with zero attached hydrogens (tertiary/aromatic N) is 2. The van der Waals surface area contributed by atoms with E-state index in [1.165, 1.54) is 6.21 Å². The predicted octanol–water partition coefficient (Wildman–Crippen LogP) is 6.85. The number of rotatable bonds is 7. The zero-order valence-corrected chi connectivity index (χ0v) is 22.3. The molecule has 8 heteroatoms. The van der Waals surface area contributed by atoms with Gasteiger partial charge in [0.25, 0.3) is 5.91 Å². The number of hydrogen-bond donors (Lipinski definition) is 2. The summed E-state index contributed by atoms with van der Waals surface area (Å²) in [6.07, 6.45) is 1.48. The van der Waals surface area contributed by atoms with E-state index in [-0.39, 0.29) is 11.7 Å². The Kier molecular flexibility index (Phi) is 7.73. The first-order chi connectivity index (χ1) is 16.9. The Morgan fingerprint density at radius 2 is 1.77 bits per heavy atom. The van der Waals surface area contributed by atoms with Crippen LogP contribution in [0.25, 0.3) is 16.9 Å². The average molecular weight is 597 g/mol. The standard InChI is InChI=1S/C27H23Br2N3O3/c1-3-35-23-15-20(24(28)25(29)26(23)33)16-30-31-27(34)19-10-12-21(13-11-19)32-17(2)9-14-22(32)18-7-5-4-6-8-18/h4-16,33H,3H2,1-2H3,(H,31,34)/b30-16+. The zero-order valence-electron chi connectivity index (χ0n) is 19.1. The molecule has 0 unspecified atom stereocenters. The van der Waals surface area contributed by atoms with Crippen LogP contribution in [0.15, 0.2) is 86.8 Å². The van der Waals surface area contributed by atoms with Gasteiger partial charge in [-0.3, -0.25) is 4.79 Å². The normalized spacial score (nSPS) is 11.1. The lowest BCUT2D eigenvalue weighted by atomic mass is 10.1. The van der Waals surface area contributed by atoms with Crippen molar-refractivity contribution in [3.63, 3.8) is 0 Å². The van der Waals surface area contributed by atoms with Gasteiger partial charge in [-0.15, -0.1) is 0 Å². The first kappa shape index (κ1) is 24.8. The van der Waals surface area contributed by atoms with Crippen LogP contribution < -0.4 is 10.2 Å². The number of hydrazone groups is 1. The molecule has 35 heavy (non-hydrogen) atoms. The van der Waals surface area contributed by atoms with E-state index < -0.39 is 0 Å². The van der Waals surface area contributed by atoms with E-state index in [1.54, 1.807) is 18.2 Å². The van der Waals surface area contributed by atoms with Crippen LogP contribution in [0.5, 0.6) is 11.5 Å². The molecule has 0 saturated heterocycles. The van der Waals surface area contributed by atoms with Crippen molar-refractivity contribution in [2.45, 2.75) is 13.8 Å². The maximum absolute atomic E-state index is 12.6. The molecular weight excluding hydrogens is 574 g/mol. The van der Waals surface area contributed by atoms with Crippen molar-refractivity contribution in [1.29, 1.82) is 0 Å². The van der Waals surface area contributed by atoms with Crippen molar-refractivity contribution in [3.8, 4) is 28.4 Å². The highest BCUT2D eigenvalue weighted by atomic mass is 79.9. The van der Waals surface area contributed by atoms with Crippen LogP contribution >= 0.6 is 31.9 Å². The molecule has 1 amide bonds. The van der Waals surface area contributed by atoms with Gasteiger partial charge < -0.3 is 14.4 Å². The summed E-state index contributed by atoms with van der Waals surface area (Å²) in [5, 5.41) is 14.2. The number of hydrogen-bond acceptors (Lipinski definition) is 4. The van der Waals surface area contributed by atoms with Crippen molar-refractivity contribution < 1.29 is 14.6 Å². The maximum atomic E-state index is 12.6. The third kappa shape index (κ3) is 5.33. The van der Waals surface area contributed by atoms with Crippen LogP contribution in [0, 0.1) is 6.92 Å². The number of aromatic hydroxyl groups is 1. The highest BCUT2D eigenvalue weighted by Gasteiger charge is 2.15. The fraction of sp³-hybridized carbons (Fsp3) is 0.111. The largest absolute Gasteiger partial charge is 0.503 e. The van der Waals surface area contributed by atoms with Crippen molar-refractivity contribution in [1.82, 2.24) is 9.99 Å². The van der Waals surface area contributed by atoms with Crippen LogP contribution in [-0.2, 0) is 0 Å². The summed E-state index contributed by atoms with van der Waals surface area (Å²) in [4.78, 5) is 12.6. The highest BCUT2D eigenvalue weighted by Crippen LogP contribution is 2.41. The first-order valence-electron chi connectivity index (χ1n) is 10.9. The quantitative estimate of drug-likeness (QED) is 0.181. The molecule has 0 aliphatic rings. The number of nitrogens with one attached hydrogen (secondary N) is 1. The van der Waals surface area contributed by atoms with Crippen molar-refractivity contribution in [2.75, 3.05) is 6.61 Å². The summed E-state index contributed by atoms with van der Waals surface area (Å²) in [7, 11) is 0. The van der Waals surface area contributed by atoms with Gasteiger partial charge in [0.2, 0.25) is 0 Å². The number of benzene rings is 3. The summed E-state index contributed by atoms with van der Waals surface area (Å²) in [6, 6.07) is 23.4. The minimum Gasteiger partial charge on any atom is -0.503 e. The van der Waals surface area contributed by atoms with E-state index in [0.717, 1.165) is 22.6 Å².